The van der Waals surface area contributed by atoms with Crippen LogP contribution in [0, 0.1) is 0 Å². The molecule has 0 unspecified atom stereocenters. The fraction of sp³-hybridized carbons (Fsp3) is 0.250. The maximum Gasteiger partial charge on any atom is 0.137 e. The van der Waals surface area contributed by atoms with Crippen molar-refractivity contribution in [3.8, 4) is 0 Å². The fourth-order valence-electron chi connectivity index (χ4n) is 2.27. The van der Waals surface area contributed by atoms with Crippen molar-refractivity contribution in [2.24, 2.45) is 10.7 Å². The predicted molar refractivity (Wildman–Crippen MR) is 68.6 cm³/mol. The van der Waals surface area contributed by atoms with Gasteiger partial charge in [-0.05, 0) is 28.5 Å². The molecular formula is C12H10N6O2. The third-order valence-corrected chi connectivity index (χ3v) is 3.34. The maximum absolute atomic E-state index is 6.11. The minimum absolute atomic E-state index is 0.180. The van der Waals surface area contributed by atoms with Crippen LogP contribution in [-0.4, -0.2) is 32.4 Å². The van der Waals surface area contributed by atoms with Crippen molar-refractivity contribution >= 4 is 22.4 Å². The van der Waals surface area contributed by atoms with Crippen LogP contribution in [0.25, 0.3) is 11.0 Å². The Morgan fingerprint density at radius 3 is 2.80 bits per heavy atom. The molecule has 2 aromatic heterocycles. The van der Waals surface area contributed by atoms with Gasteiger partial charge in [-0.2, -0.15) is 0 Å². The Morgan fingerprint density at radius 2 is 1.85 bits per heavy atom. The minimum atomic E-state index is -0.180. The fourth-order valence-corrected chi connectivity index (χ4v) is 2.27. The molecule has 1 aromatic carbocycles. The van der Waals surface area contributed by atoms with Crippen LogP contribution >= 0.6 is 0 Å². The first kappa shape index (κ1) is 11.2. The first-order chi connectivity index (χ1) is 9.79. The van der Waals surface area contributed by atoms with Gasteiger partial charge in [-0.1, -0.05) is 10.3 Å². The molecule has 2 heterocycles. The Balaban J connectivity index is 1.72. The van der Waals surface area contributed by atoms with E-state index in [9.17, 15) is 0 Å². The summed E-state index contributed by atoms with van der Waals surface area (Å²) in [4.78, 5) is 4.58. The maximum atomic E-state index is 6.11. The second kappa shape index (κ2) is 4.20. The molecular weight excluding hydrogens is 260 g/mol. The molecule has 0 aliphatic heterocycles. The van der Waals surface area contributed by atoms with Gasteiger partial charge in [0.1, 0.15) is 22.4 Å². The number of fused-ring (bicyclic) bond motifs is 2. The number of nitrogens with two attached hydrogens (primary N) is 1. The first-order valence-corrected chi connectivity index (χ1v) is 6.15. The lowest BCUT2D eigenvalue weighted by atomic mass is 9.94. The number of aromatic nitrogens is 4. The number of hydrogen-bond donors (Lipinski definition) is 1. The lowest BCUT2D eigenvalue weighted by Gasteiger charge is -2.18. The molecule has 4 rings (SSSR count). The molecule has 0 amide bonds. The van der Waals surface area contributed by atoms with Crippen LogP contribution in [-0.2, 0) is 12.8 Å². The Morgan fingerprint density at radius 1 is 1.05 bits per heavy atom. The monoisotopic (exact) mass is 270 g/mol. The van der Waals surface area contributed by atoms with Gasteiger partial charge < -0.3 is 5.73 Å². The highest BCUT2D eigenvalue weighted by atomic mass is 16.6. The first-order valence-electron chi connectivity index (χ1n) is 6.15. The molecule has 1 aliphatic rings. The van der Waals surface area contributed by atoms with Crippen LogP contribution in [0.4, 0.5) is 5.69 Å². The van der Waals surface area contributed by atoms with Gasteiger partial charge in [0.2, 0.25) is 0 Å². The van der Waals surface area contributed by atoms with Crippen molar-refractivity contribution in [3.63, 3.8) is 0 Å². The summed E-state index contributed by atoms with van der Waals surface area (Å²) in [7, 11) is 0. The van der Waals surface area contributed by atoms with E-state index in [1.807, 2.05) is 18.2 Å². The topological polar surface area (TPSA) is 116 Å². The van der Waals surface area contributed by atoms with Crippen molar-refractivity contribution in [2.45, 2.75) is 18.9 Å². The van der Waals surface area contributed by atoms with E-state index in [1.165, 1.54) is 0 Å². The molecule has 8 nitrogen and oxygen atoms in total. The largest absolute Gasteiger partial charge is 0.323 e. The van der Waals surface area contributed by atoms with E-state index in [4.69, 9.17) is 10.4 Å². The van der Waals surface area contributed by atoms with E-state index in [2.05, 4.69) is 30.2 Å². The van der Waals surface area contributed by atoms with Crippen molar-refractivity contribution in [3.05, 3.63) is 29.6 Å². The van der Waals surface area contributed by atoms with Gasteiger partial charge in [0.05, 0.1) is 5.69 Å². The number of hydrogen-bond acceptors (Lipinski definition) is 8. The smallest absolute Gasteiger partial charge is 0.137 e. The zero-order valence-corrected chi connectivity index (χ0v) is 10.4. The van der Waals surface area contributed by atoms with E-state index in [0.29, 0.717) is 23.9 Å². The van der Waals surface area contributed by atoms with E-state index >= 15 is 0 Å². The highest BCUT2D eigenvalue weighted by Gasteiger charge is 2.25. The highest BCUT2D eigenvalue weighted by Crippen LogP contribution is 2.22. The SMILES string of the molecule is N[C@H]1Cc2nonc2CC1=Nc1ccc2nonc2c1. The Kier molecular flexibility index (Phi) is 2.36. The van der Waals surface area contributed by atoms with Crippen LogP contribution in [0.5, 0.6) is 0 Å². The van der Waals surface area contributed by atoms with Gasteiger partial charge in [-0.3, -0.25) is 4.99 Å². The summed E-state index contributed by atoms with van der Waals surface area (Å²) in [5.41, 5.74) is 10.7. The average Bonchev–Trinajstić information content (AvgIpc) is 3.06. The van der Waals surface area contributed by atoms with Gasteiger partial charge in [0, 0.05) is 24.6 Å². The van der Waals surface area contributed by atoms with Crippen LogP contribution in [0.3, 0.4) is 0 Å². The molecule has 100 valence electrons. The number of aliphatic imine (C=N–C) groups is 1. The molecule has 20 heavy (non-hydrogen) atoms. The van der Waals surface area contributed by atoms with Crippen molar-refractivity contribution < 1.29 is 9.26 Å². The predicted octanol–water partition coefficient (Wildman–Crippen LogP) is 0.804. The highest BCUT2D eigenvalue weighted by molar-refractivity contribution is 5.95. The Labute approximate surface area is 112 Å². The standard InChI is InChI=1S/C12H10N6O2/c13-7-4-11-12(18-20-17-11)5-9(7)14-6-1-2-8-10(3-6)16-19-15-8/h1-3,7H,4-5,13H2/t7-/m0/s1. The number of nitrogens with zero attached hydrogens (tertiary/aromatic N) is 5. The molecule has 8 heteroatoms. The molecule has 1 atom stereocenters. The molecule has 0 bridgehead atoms. The van der Waals surface area contributed by atoms with Crippen molar-refractivity contribution in [2.75, 3.05) is 0 Å². The zero-order chi connectivity index (χ0) is 13.5. The molecule has 0 saturated carbocycles. The summed E-state index contributed by atoms with van der Waals surface area (Å²) in [6, 6.07) is 5.29. The summed E-state index contributed by atoms with van der Waals surface area (Å²) in [6.07, 6.45) is 1.14. The summed E-state index contributed by atoms with van der Waals surface area (Å²) in [5, 5.41) is 15.2. The summed E-state index contributed by atoms with van der Waals surface area (Å²) in [6.45, 7) is 0. The second-order valence-electron chi connectivity index (χ2n) is 4.69. The van der Waals surface area contributed by atoms with Gasteiger partial charge in [0.15, 0.2) is 0 Å². The Hall–Kier alpha value is -2.61. The van der Waals surface area contributed by atoms with E-state index in [1.54, 1.807) is 0 Å². The van der Waals surface area contributed by atoms with Crippen LogP contribution in [0.2, 0.25) is 0 Å². The summed E-state index contributed by atoms with van der Waals surface area (Å²) in [5.74, 6) is 0. The molecule has 0 spiro atoms. The lowest BCUT2D eigenvalue weighted by Crippen LogP contribution is -2.38. The molecule has 2 N–H and O–H groups in total. The number of rotatable bonds is 1. The molecule has 0 saturated heterocycles. The van der Waals surface area contributed by atoms with Gasteiger partial charge in [0.25, 0.3) is 0 Å². The summed E-state index contributed by atoms with van der Waals surface area (Å²) < 4.78 is 9.38. The average molecular weight is 270 g/mol. The van der Waals surface area contributed by atoms with E-state index < -0.39 is 0 Å². The third-order valence-electron chi connectivity index (χ3n) is 3.34. The third kappa shape index (κ3) is 1.77. The quantitative estimate of drug-likeness (QED) is 0.695. The minimum Gasteiger partial charge on any atom is -0.323 e. The second-order valence-corrected chi connectivity index (χ2v) is 4.69. The van der Waals surface area contributed by atoms with Gasteiger partial charge >= 0.3 is 0 Å². The van der Waals surface area contributed by atoms with Crippen LogP contribution < -0.4 is 5.73 Å². The van der Waals surface area contributed by atoms with Gasteiger partial charge in [-0.25, -0.2) is 9.26 Å². The summed E-state index contributed by atoms with van der Waals surface area (Å²) >= 11 is 0. The zero-order valence-electron chi connectivity index (χ0n) is 10.4. The normalized spacial score (nSPS) is 20.4. The number of benzene rings is 1. The van der Waals surface area contributed by atoms with Gasteiger partial charge in [-0.15, -0.1) is 0 Å². The van der Waals surface area contributed by atoms with E-state index in [0.717, 1.165) is 22.8 Å². The molecule has 3 aromatic rings. The molecule has 0 radical (unpaired) electrons. The van der Waals surface area contributed by atoms with Crippen molar-refractivity contribution in [1.82, 2.24) is 20.6 Å². The van der Waals surface area contributed by atoms with Crippen molar-refractivity contribution in [1.29, 1.82) is 0 Å². The molecule has 1 aliphatic carbocycles. The van der Waals surface area contributed by atoms with E-state index in [-0.39, 0.29) is 6.04 Å². The molecule has 0 fully saturated rings. The van der Waals surface area contributed by atoms with Crippen LogP contribution in [0.15, 0.2) is 32.4 Å². The Bertz CT molecular complexity index is 805. The van der Waals surface area contributed by atoms with Crippen LogP contribution in [0.1, 0.15) is 11.4 Å². The lowest BCUT2D eigenvalue weighted by molar-refractivity contribution is 0.301.